The van der Waals surface area contributed by atoms with Crippen LogP contribution in [0.4, 0.5) is 5.69 Å². The summed E-state index contributed by atoms with van der Waals surface area (Å²) in [7, 11) is 0. The van der Waals surface area contributed by atoms with Crippen LogP contribution in [0.2, 0.25) is 0 Å². The first kappa shape index (κ1) is 33.3. The second-order valence-corrected chi connectivity index (χ2v) is 10.6. The van der Waals surface area contributed by atoms with Gasteiger partial charge in [-0.25, -0.2) is 0 Å². The van der Waals surface area contributed by atoms with E-state index in [1.165, 1.54) is 12.1 Å². The van der Waals surface area contributed by atoms with E-state index in [2.05, 4.69) is 26.6 Å². The number of primary amides is 1. The van der Waals surface area contributed by atoms with Gasteiger partial charge in [0, 0.05) is 24.4 Å². The fourth-order valence-corrected chi connectivity index (χ4v) is 4.89. The Kier molecular flexibility index (Phi) is 12.7. The number of hydrogen-bond donors (Lipinski definition) is 8. The molecular weight excluding hydrogens is 562 g/mol. The highest BCUT2D eigenvalue weighted by Crippen LogP contribution is 2.25. The minimum absolute atomic E-state index is 0.0209. The Morgan fingerprint density at radius 3 is 2.33 bits per heavy atom. The summed E-state index contributed by atoms with van der Waals surface area (Å²) in [5.41, 5.74) is 11.4. The van der Waals surface area contributed by atoms with Crippen molar-refractivity contribution in [2.24, 2.45) is 17.4 Å². The summed E-state index contributed by atoms with van der Waals surface area (Å²) >= 11 is 0. The van der Waals surface area contributed by atoms with Crippen molar-refractivity contribution in [1.29, 1.82) is 0 Å². The quantitative estimate of drug-likeness (QED) is 0.151. The summed E-state index contributed by atoms with van der Waals surface area (Å²) in [5, 5.41) is 23.0. The molecule has 0 aromatic heterocycles. The zero-order valence-electron chi connectivity index (χ0n) is 24.0. The van der Waals surface area contributed by atoms with Crippen molar-refractivity contribution in [2.45, 2.75) is 69.5 Å². The lowest BCUT2D eigenvalue weighted by Crippen LogP contribution is -2.56. The first-order valence-electron chi connectivity index (χ1n) is 14.5. The molecule has 5 amide bonds. The molecule has 1 saturated heterocycles. The van der Waals surface area contributed by atoms with Crippen LogP contribution < -0.4 is 42.8 Å². The van der Waals surface area contributed by atoms with Crippen LogP contribution >= 0.6 is 0 Å². The Balaban J connectivity index is 1.93. The molecule has 0 radical (unpaired) electrons. The van der Waals surface area contributed by atoms with Crippen molar-refractivity contribution in [1.82, 2.24) is 21.3 Å². The molecule has 1 aromatic rings. The molecule has 0 saturated carbocycles. The lowest BCUT2D eigenvalue weighted by atomic mass is 9.97. The van der Waals surface area contributed by atoms with Crippen molar-refractivity contribution in [3.05, 3.63) is 23.8 Å². The highest BCUT2D eigenvalue weighted by atomic mass is 16.5. The molecule has 0 spiro atoms. The number of fused-ring (bicyclic) bond motifs is 1. The number of aliphatic carboxylic acids is 1. The van der Waals surface area contributed by atoms with Crippen molar-refractivity contribution >= 4 is 41.2 Å². The zero-order chi connectivity index (χ0) is 31.4. The molecule has 2 aliphatic heterocycles. The van der Waals surface area contributed by atoms with E-state index in [0.29, 0.717) is 37.9 Å². The molecule has 43 heavy (non-hydrogen) atoms. The summed E-state index contributed by atoms with van der Waals surface area (Å²) in [4.78, 5) is 76.3. The van der Waals surface area contributed by atoms with Crippen molar-refractivity contribution in [3.8, 4) is 5.75 Å². The monoisotopic (exact) mass is 603 g/mol. The van der Waals surface area contributed by atoms with Crippen molar-refractivity contribution < 1.29 is 38.6 Å². The zero-order valence-corrected chi connectivity index (χ0v) is 24.0. The van der Waals surface area contributed by atoms with Gasteiger partial charge in [-0.1, -0.05) is 0 Å². The third-order valence-electron chi connectivity index (χ3n) is 7.37. The van der Waals surface area contributed by atoms with E-state index >= 15 is 0 Å². The Morgan fingerprint density at radius 1 is 0.953 bits per heavy atom. The van der Waals surface area contributed by atoms with Crippen LogP contribution in [0.3, 0.4) is 0 Å². The predicted molar refractivity (Wildman–Crippen MR) is 155 cm³/mol. The molecule has 2 heterocycles. The van der Waals surface area contributed by atoms with E-state index in [-0.39, 0.29) is 49.0 Å². The van der Waals surface area contributed by atoms with Crippen LogP contribution in [0.25, 0.3) is 0 Å². The van der Waals surface area contributed by atoms with E-state index in [0.717, 1.165) is 13.1 Å². The number of hydrogen-bond acceptors (Lipinski definition) is 9. The molecule has 10 N–H and O–H groups in total. The average Bonchev–Trinajstić information content (AvgIpc) is 2.98. The number of rotatable bonds is 10. The van der Waals surface area contributed by atoms with E-state index in [4.69, 9.17) is 16.2 Å². The van der Waals surface area contributed by atoms with E-state index < -0.39 is 54.1 Å². The molecule has 236 valence electrons. The van der Waals surface area contributed by atoms with Gasteiger partial charge in [-0.2, -0.15) is 0 Å². The van der Waals surface area contributed by atoms with Gasteiger partial charge in [0.15, 0.2) is 0 Å². The molecule has 1 aromatic carbocycles. The van der Waals surface area contributed by atoms with E-state index in [9.17, 15) is 33.9 Å². The number of carbonyl (C=O) groups is 6. The first-order chi connectivity index (χ1) is 20.6. The maximum atomic E-state index is 13.5. The molecule has 0 bridgehead atoms. The van der Waals surface area contributed by atoms with E-state index in [1.807, 2.05) is 0 Å². The van der Waals surface area contributed by atoms with Gasteiger partial charge in [-0.05, 0) is 76.4 Å². The fraction of sp³-hybridized carbons (Fsp3) is 0.571. The molecule has 3 atom stereocenters. The topological polar surface area (TPSA) is 244 Å². The van der Waals surface area contributed by atoms with Gasteiger partial charge in [0.2, 0.25) is 23.6 Å². The summed E-state index contributed by atoms with van der Waals surface area (Å²) < 4.78 is 5.81. The smallest absolute Gasteiger partial charge is 0.303 e. The highest BCUT2D eigenvalue weighted by Gasteiger charge is 2.31. The molecular formula is C28H41N7O8. The van der Waals surface area contributed by atoms with Gasteiger partial charge in [0.25, 0.3) is 5.91 Å². The Labute approximate surface area is 249 Å². The molecule has 1 unspecified atom stereocenters. The first-order valence-corrected chi connectivity index (χ1v) is 14.5. The van der Waals surface area contributed by atoms with Gasteiger partial charge in [0.1, 0.15) is 23.9 Å². The number of nitrogens with two attached hydrogens (primary N) is 2. The average molecular weight is 604 g/mol. The number of anilines is 1. The Morgan fingerprint density at radius 2 is 1.65 bits per heavy atom. The third kappa shape index (κ3) is 10.2. The van der Waals surface area contributed by atoms with Gasteiger partial charge in [-0.3, -0.25) is 28.8 Å². The van der Waals surface area contributed by atoms with Crippen molar-refractivity contribution in [3.63, 3.8) is 0 Å². The number of ether oxygens (including phenoxy) is 1. The van der Waals surface area contributed by atoms with Crippen LogP contribution in [-0.2, 0) is 24.0 Å². The Bertz CT molecular complexity index is 1190. The lowest BCUT2D eigenvalue weighted by molar-refractivity contribution is -0.137. The van der Waals surface area contributed by atoms with Crippen LogP contribution in [0.15, 0.2) is 18.2 Å². The summed E-state index contributed by atoms with van der Waals surface area (Å²) in [6, 6.07) is 0.874. The molecule has 3 rings (SSSR count). The van der Waals surface area contributed by atoms with Crippen LogP contribution in [0.1, 0.15) is 61.7 Å². The summed E-state index contributed by atoms with van der Waals surface area (Å²) in [6.07, 6.45) is 1.83. The van der Waals surface area contributed by atoms with Gasteiger partial charge >= 0.3 is 5.97 Å². The number of carboxylic acid groups (broad SMARTS) is 1. The lowest BCUT2D eigenvalue weighted by Gasteiger charge is -2.26. The third-order valence-corrected chi connectivity index (χ3v) is 7.37. The van der Waals surface area contributed by atoms with Gasteiger partial charge in [0.05, 0.1) is 12.2 Å². The van der Waals surface area contributed by atoms with Crippen LogP contribution in [-0.4, -0.2) is 85.0 Å². The molecule has 2 aliphatic rings. The standard InChI is InChI=1S/C28H41N7O8/c29-11-2-1-3-20-27(41)33-19(24(30)38)10-14-43-22-6-4-17(32-25(39)16-8-12-31-13-9-16)15-18(22)26(40)34-21(28(42)35-20)5-7-23(36)37/h4,6,15-16,19-21,31H,1-3,5,7-14,29H2,(H2,30,38)(H,32,39)(H,33,41)(H,34,40)(H,35,42)(H,36,37)/t19-,20-,21?/m0/s1. The predicted octanol–water partition coefficient (Wildman–Crippen LogP) is -1.05. The van der Waals surface area contributed by atoms with Gasteiger partial charge < -0.3 is 47.9 Å². The number of carboxylic acids is 1. The molecule has 0 aliphatic carbocycles. The molecule has 1 fully saturated rings. The minimum Gasteiger partial charge on any atom is -0.493 e. The number of benzene rings is 1. The van der Waals surface area contributed by atoms with Gasteiger partial charge in [-0.15, -0.1) is 0 Å². The Hall–Kier alpha value is -4.24. The number of piperidine rings is 1. The maximum absolute atomic E-state index is 13.5. The van der Waals surface area contributed by atoms with E-state index in [1.54, 1.807) is 6.07 Å². The normalized spacial score (nSPS) is 22.1. The fourth-order valence-electron chi connectivity index (χ4n) is 4.89. The molecule has 15 heteroatoms. The van der Waals surface area contributed by atoms with Crippen LogP contribution in [0.5, 0.6) is 5.75 Å². The summed E-state index contributed by atoms with van der Waals surface area (Å²) in [6.45, 7) is 1.69. The van der Waals surface area contributed by atoms with Crippen LogP contribution in [0, 0.1) is 5.92 Å². The second-order valence-electron chi connectivity index (χ2n) is 10.6. The highest BCUT2D eigenvalue weighted by molar-refractivity contribution is 6.02. The maximum Gasteiger partial charge on any atom is 0.303 e. The number of amides is 5. The number of nitrogens with one attached hydrogen (secondary N) is 5. The van der Waals surface area contributed by atoms with Crippen molar-refractivity contribution in [2.75, 3.05) is 31.6 Å². The molecule has 15 nitrogen and oxygen atoms in total. The second kappa shape index (κ2) is 16.4. The largest absolute Gasteiger partial charge is 0.493 e. The minimum atomic E-state index is -1.33. The number of carbonyl (C=O) groups excluding carboxylic acids is 5. The SMILES string of the molecule is NCCCC[C@@H]1NC(=O)C(CCC(=O)O)NC(=O)c2cc(NC(=O)C3CCNCC3)ccc2OCC[C@@H](C(N)=O)NC1=O. The summed E-state index contributed by atoms with van der Waals surface area (Å²) in [5.74, 6) is -4.51. The number of unbranched alkanes of at least 4 members (excludes halogenated alkanes) is 1.